The summed E-state index contributed by atoms with van der Waals surface area (Å²) in [6.07, 6.45) is -1.29. The van der Waals surface area contributed by atoms with Crippen LogP contribution in [0.4, 0.5) is 18.4 Å². The molecule has 1 aromatic heterocycles. The first-order valence-electron chi connectivity index (χ1n) is 15.9. The number of carboxylic acid groups (broad SMARTS) is 1. The minimum absolute atomic E-state index is 0.00779. The van der Waals surface area contributed by atoms with Crippen LogP contribution in [0.2, 0.25) is 25.7 Å². The molecule has 0 fully saturated rings. The number of carboxylic acids is 1. The number of aromatic nitrogens is 1. The van der Waals surface area contributed by atoms with E-state index in [1.165, 1.54) is 4.90 Å². The van der Waals surface area contributed by atoms with E-state index in [2.05, 4.69) is 29.7 Å². The number of alkyl carbamates (subject to hydrolysis) is 1. The van der Waals surface area contributed by atoms with Gasteiger partial charge in [-0.25, -0.2) is 23.2 Å². The van der Waals surface area contributed by atoms with E-state index in [1.54, 1.807) is 16.8 Å². The molecule has 2 aromatic carbocycles. The molecule has 0 saturated heterocycles. The molecule has 3 rings (SSSR count). The Labute approximate surface area is 285 Å². The van der Waals surface area contributed by atoms with Crippen molar-refractivity contribution in [2.24, 2.45) is 5.41 Å². The molecule has 0 aliphatic carbocycles. The zero-order valence-corrected chi connectivity index (χ0v) is 29.7. The zero-order valence-electron chi connectivity index (χ0n) is 28.7. The third-order valence-electron chi connectivity index (χ3n) is 7.73. The van der Waals surface area contributed by atoms with Crippen LogP contribution in [0.5, 0.6) is 0 Å². The molecule has 1 heterocycles. The highest BCUT2D eigenvalue weighted by molar-refractivity contribution is 6.76. The number of aliphatic hydroxyl groups is 1. The number of hydrogen-bond donors (Lipinski definition) is 3. The molecular weight excluding hydrogens is 656 g/mol. The van der Waals surface area contributed by atoms with Gasteiger partial charge in [0.25, 0.3) is 0 Å². The fraction of sp³-hybridized carbons (Fsp3) is 0.429. The number of nitrogens with one attached hydrogen (secondary N) is 1. The van der Waals surface area contributed by atoms with Gasteiger partial charge in [-0.3, -0.25) is 4.79 Å². The molecule has 14 heteroatoms. The van der Waals surface area contributed by atoms with Crippen LogP contribution < -0.4 is 5.32 Å². The standard InChI is InChI=1S/C35H45F2N3O8Si/c1-35(2,3)31(29-18-24(26-19-25(36)12-13-27(26)37)21-39(29)20-23-10-8-7-9-11-23)40(30(42)22-41)15-14-28(32(43)44)38-33(45)48-34(46)47-16-17-49(4,5)6/h7-13,18-19,21,28,31,41H,14-17,20,22H2,1-6H3,(H,38,45)(H,43,44)/t28-,31-/m0/s1. The number of nitrogens with zero attached hydrogens (tertiary/aromatic N) is 2. The monoisotopic (exact) mass is 701 g/mol. The van der Waals surface area contributed by atoms with Gasteiger partial charge in [-0.05, 0) is 47.7 Å². The molecule has 0 unspecified atom stereocenters. The highest BCUT2D eigenvalue weighted by Gasteiger charge is 2.38. The molecule has 0 aliphatic heterocycles. The summed E-state index contributed by atoms with van der Waals surface area (Å²) in [5.41, 5.74) is 0.995. The molecule has 3 N–H and O–H groups in total. The van der Waals surface area contributed by atoms with Gasteiger partial charge in [0.15, 0.2) is 0 Å². The van der Waals surface area contributed by atoms with Crippen molar-refractivity contribution in [3.05, 3.63) is 83.7 Å². The summed E-state index contributed by atoms with van der Waals surface area (Å²) in [6, 6.07) is 12.3. The van der Waals surface area contributed by atoms with Gasteiger partial charge < -0.3 is 34.5 Å². The highest BCUT2D eigenvalue weighted by atomic mass is 28.3. The lowest BCUT2D eigenvalue weighted by atomic mass is 9.82. The van der Waals surface area contributed by atoms with Crippen LogP contribution in [0.15, 0.2) is 60.8 Å². The van der Waals surface area contributed by atoms with E-state index in [4.69, 9.17) is 4.74 Å². The van der Waals surface area contributed by atoms with Crippen molar-refractivity contribution in [2.75, 3.05) is 19.8 Å². The van der Waals surface area contributed by atoms with E-state index in [9.17, 15) is 38.2 Å². The van der Waals surface area contributed by atoms with Crippen LogP contribution in [-0.2, 0) is 25.6 Å². The summed E-state index contributed by atoms with van der Waals surface area (Å²) in [5.74, 6) is -3.47. The second-order valence-electron chi connectivity index (χ2n) is 14.0. The van der Waals surface area contributed by atoms with Crippen molar-refractivity contribution in [3.8, 4) is 11.1 Å². The van der Waals surface area contributed by atoms with Crippen LogP contribution in [0, 0.1) is 17.0 Å². The highest BCUT2D eigenvalue weighted by Crippen LogP contribution is 2.41. The Bertz CT molecular complexity index is 1620. The normalized spacial score (nSPS) is 12.9. The number of halogens is 2. The molecule has 49 heavy (non-hydrogen) atoms. The van der Waals surface area contributed by atoms with Gasteiger partial charge in [-0.15, -0.1) is 0 Å². The van der Waals surface area contributed by atoms with Crippen LogP contribution in [0.25, 0.3) is 11.1 Å². The van der Waals surface area contributed by atoms with Crippen molar-refractivity contribution < 1.29 is 47.6 Å². The minimum Gasteiger partial charge on any atom is -0.480 e. The Morgan fingerprint density at radius 2 is 1.69 bits per heavy atom. The summed E-state index contributed by atoms with van der Waals surface area (Å²) in [6.45, 7) is 10.9. The second-order valence-corrected chi connectivity index (χ2v) is 19.6. The molecule has 0 bridgehead atoms. The van der Waals surface area contributed by atoms with Crippen molar-refractivity contribution >= 4 is 32.2 Å². The third-order valence-corrected chi connectivity index (χ3v) is 9.43. The second kappa shape index (κ2) is 16.7. The molecule has 0 saturated carbocycles. The molecule has 11 nitrogen and oxygen atoms in total. The number of aliphatic carboxylic acids is 1. The van der Waals surface area contributed by atoms with Crippen LogP contribution in [0.1, 0.15) is 44.5 Å². The predicted molar refractivity (Wildman–Crippen MR) is 181 cm³/mol. The third kappa shape index (κ3) is 11.5. The van der Waals surface area contributed by atoms with Crippen molar-refractivity contribution in [2.45, 2.75) is 71.5 Å². The van der Waals surface area contributed by atoms with E-state index < -0.39 is 67.9 Å². The van der Waals surface area contributed by atoms with Crippen molar-refractivity contribution in [1.29, 1.82) is 0 Å². The van der Waals surface area contributed by atoms with E-state index in [-0.39, 0.29) is 25.1 Å². The van der Waals surface area contributed by atoms with Crippen LogP contribution in [-0.4, -0.2) is 77.7 Å². The Morgan fingerprint density at radius 1 is 1.02 bits per heavy atom. The van der Waals surface area contributed by atoms with Crippen LogP contribution in [0.3, 0.4) is 0 Å². The molecule has 266 valence electrons. The molecule has 0 spiro atoms. The quantitative estimate of drug-likeness (QED) is 0.0990. The molecule has 0 aliphatic rings. The predicted octanol–water partition coefficient (Wildman–Crippen LogP) is 6.43. The first kappa shape index (κ1) is 38.9. The van der Waals surface area contributed by atoms with Gasteiger partial charge in [0.2, 0.25) is 5.91 Å². The summed E-state index contributed by atoms with van der Waals surface area (Å²) in [4.78, 5) is 51.2. The summed E-state index contributed by atoms with van der Waals surface area (Å²) in [7, 11) is -1.53. The summed E-state index contributed by atoms with van der Waals surface area (Å²) < 4.78 is 40.5. The largest absolute Gasteiger partial charge is 0.517 e. The smallest absolute Gasteiger partial charge is 0.480 e. The van der Waals surface area contributed by atoms with Gasteiger partial charge in [0.05, 0.1) is 12.6 Å². The number of carbonyl (C=O) groups is 4. The Morgan fingerprint density at radius 3 is 2.29 bits per heavy atom. The fourth-order valence-electron chi connectivity index (χ4n) is 5.34. The molecule has 2 atom stereocenters. The van der Waals surface area contributed by atoms with E-state index in [0.29, 0.717) is 23.8 Å². The topological polar surface area (TPSA) is 147 Å². The average Bonchev–Trinajstić information content (AvgIpc) is 3.40. The maximum absolute atomic E-state index is 15.0. The first-order chi connectivity index (χ1) is 22.9. The zero-order chi connectivity index (χ0) is 36.5. The fourth-order valence-corrected chi connectivity index (χ4v) is 6.06. The number of ether oxygens (including phenoxy) is 2. The van der Waals surface area contributed by atoms with Gasteiger partial charge in [0.1, 0.15) is 24.3 Å². The van der Waals surface area contributed by atoms with Crippen molar-refractivity contribution in [3.63, 3.8) is 0 Å². The minimum atomic E-state index is -1.59. The summed E-state index contributed by atoms with van der Waals surface area (Å²) >= 11 is 0. The number of rotatable bonds is 14. The average molecular weight is 702 g/mol. The van der Waals surface area contributed by atoms with E-state index >= 15 is 0 Å². The van der Waals surface area contributed by atoms with E-state index in [0.717, 1.165) is 23.8 Å². The molecule has 2 amide bonds. The number of hydrogen-bond acceptors (Lipinski definition) is 7. The molecular formula is C35H45F2N3O8Si. The molecule has 0 radical (unpaired) electrons. The SMILES string of the molecule is CC(C)(C)[C@H](c1cc(-c2cc(F)ccc2F)cn1Cc1ccccc1)N(CC[C@H](NC(=O)OC(=O)OCC[Si](C)(C)C)C(=O)O)C(=O)CO. The maximum Gasteiger partial charge on any atom is 0.517 e. The Hall–Kier alpha value is -4.56. The Balaban J connectivity index is 1.95. The summed E-state index contributed by atoms with van der Waals surface area (Å²) in [5, 5.41) is 22.0. The molecule has 3 aromatic rings. The lowest BCUT2D eigenvalue weighted by Crippen LogP contribution is -2.48. The number of benzene rings is 2. The first-order valence-corrected chi connectivity index (χ1v) is 19.6. The number of aliphatic hydroxyl groups excluding tert-OH is 1. The number of amides is 2. The van der Waals surface area contributed by atoms with Gasteiger partial charge in [-0.1, -0.05) is 70.7 Å². The number of carbonyl (C=O) groups excluding carboxylic acids is 3. The van der Waals surface area contributed by atoms with Gasteiger partial charge in [0, 0.05) is 44.2 Å². The maximum atomic E-state index is 15.0. The Kier molecular flexibility index (Phi) is 13.3. The van der Waals surface area contributed by atoms with Gasteiger partial charge in [-0.2, -0.15) is 0 Å². The lowest BCUT2D eigenvalue weighted by Gasteiger charge is -2.41. The van der Waals surface area contributed by atoms with E-state index in [1.807, 2.05) is 51.1 Å². The van der Waals surface area contributed by atoms with Gasteiger partial charge >= 0.3 is 18.2 Å². The van der Waals surface area contributed by atoms with Crippen molar-refractivity contribution in [1.82, 2.24) is 14.8 Å². The lowest BCUT2D eigenvalue weighted by molar-refractivity contribution is -0.143. The van der Waals surface area contributed by atoms with Crippen LogP contribution >= 0.6 is 0 Å².